The zero-order valence-corrected chi connectivity index (χ0v) is 15.2. The minimum absolute atomic E-state index is 0.228. The molecule has 2 aliphatic heterocycles. The van der Waals surface area contributed by atoms with Crippen LogP contribution in [0.5, 0.6) is 0 Å². The van der Waals surface area contributed by atoms with E-state index in [4.69, 9.17) is 13.9 Å². The van der Waals surface area contributed by atoms with Crippen molar-refractivity contribution >= 4 is 5.82 Å². The van der Waals surface area contributed by atoms with Gasteiger partial charge in [-0.05, 0) is 37.6 Å². The van der Waals surface area contributed by atoms with Gasteiger partial charge in [0.05, 0.1) is 38.3 Å². The zero-order chi connectivity index (χ0) is 17.8. The largest absolute Gasteiger partial charge is 0.468 e. The summed E-state index contributed by atoms with van der Waals surface area (Å²) in [5.41, 5.74) is 0.694. The maximum absolute atomic E-state index is 6.26. The number of nitrogens with one attached hydrogen (secondary N) is 1. The fourth-order valence-corrected chi connectivity index (χ4v) is 3.76. The number of anilines is 1. The van der Waals surface area contributed by atoms with Crippen molar-refractivity contribution in [3.63, 3.8) is 0 Å². The Balaban J connectivity index is 1.33. The summed E-state index contributed by atoms with van der Waals surface area (Å²) in [4.78, 5) is 2.37. The van der Waals surface area contributed by atoms with Gasteiger partial charge in [0.2, 0.25) is 0 Å². The van der Waals surface area contributed by atoms with Gasteiger partial charge in [0, 0.05) is 25.6 Å². The number of aromatic nitrogens is 2. The van der Waals surface area contributed by atoms with Gasteiger partial charge in [-0.3, -0.25) is 4.90 Å². The molecule has 2 aliphatic rings. The molecule has 1 spiro atoms. The predicted octanol–water partition coefficient (Wildman–Crippen LogP) is 2.10. The van der Waals surface area contributed by atoms with E-state index in [0.29, 0.717) is 12.5 Å². The van der Waals surface area contributed by atoms with Crippen LogP contribution in [0.2, 0.25) is 0 Å². The quantitative estimate of drug-likeness (QED) is 0.877. The zero-order valence-electron chi connectivity index (χ0n) is 15.2. The van der Waals surface area contributed by atoms with E-state index < -0.39 is 0 Å². The number of hydrogen-bond acceptors (Lipinski definition) is 7. The first-order valence-corrected chi connectivity index (χ1v) is 9.21. The van der Waals surface area contributed by atoms with Crippen molar-refractivity contribution in [3.8, 4) is 0 Å². The molecule has 0 amide bonds. The average Bonchev–Trinajstić information content (AvgIpc) is 3.24. The number of furan rings is 1. The lowest BCUT2D eigenvalue weighted by Gasteiger charge is -2.30. The van der Waals surface area contributed by atoms with Crippen LogP contribution < -0.4 is 5.32 Å². The molecule has 4 heterocycles. The Hall–Kier alpha value is -1.96. The van der Waals surface area contributed by atoms with Gasteiger partial charge in [0.1, 0.15) is 17.2 Å². The monoisotopic (exact) mass is 358 g/mol. The molecule has 0 saturated carbocycles. The molecule has 2 aromatic heterocycles. The second-order valence-electron chi connectivity index (χ2n) is 7.35. The lowest BCUT2D eigenvalue weighted by atomic mass is 9.94. The third-order valence-corrected chi connectivity index (χ3v) is 5.04. The first-order chi connectivity index (χ1) is 12.7. The summed E-state index contributed by atoms with van der Waals surface area (Å²) in [6.07, 6.45) is 2.70. The highest BCUT2D eigenvalue weighted by Gasteiger charge is 2.43. The van der Waals surface area contributed by atoms with Crippen LogP contribution in [0.3, 0.4) is 0 Å². The molecule has 2 aromatic rings. The van der Waals surface area contributed by atoms with Crippen molar-refractivity contribution in [2.24, 2.45) is 5.92 Å². The van der Waals surface area contributed by atoms with E-state index in [1.54, 1.807) is 6.26 Å². The summed E-state index contributed by atoms with van der Waals surface area (Å²) in [7, 11) is 0. The molecule has 7 nitrogen and oxygen atoms in total. The van der Waals surface area contributed by atoms with E-state index in [1.165, 1.54) is 0 Å². The molecule has 0 radical (unpaired) electrons. The highest BCUT2D eigenvalue weighted by molar-refractivity contribution is 5.32. The maximum Gasteiger partial charge on any atom is 0.148 e. The predicted molar refractivity (Wildman–Crippen MR) is 96.9 cm³/mol. The molecule has 2 atom stereocenters. The number of rotatable bonds is 5. The SMILES string of the molecule is Cc1ccc(NC[C@H]2CO[C@]3(COCCN(Cc4ccco4)C3)C2)nn1. The summed E-state index contributed by atoms with van der Waals surface area (Å²) in [6, 6.07) is 7.88. The van der Waals surface area contributed by atoms with Crippen molar-refractivity contribution in [1.29, 1.82) is 0 Å². The van der Waals surface area contributed by atoms with Gasteiger partial charge in [-0.25, -0.2) is 0 Å². The van der Waals surface area contributed by atoms with Crippen molar-refractivity contribution in [3.05, 3.63) is 42.0 Å². The lowest BCUT2D eigenvalue weighted by Crippen LogP contribution is -2.43. The van der Waals surface area contributed by atoms with E-state index in [-0.39, 0.29) is 5.60 Å². The van der Waals surface area contributed by atoms with Crippen LogP contribution in [0.4, 0.5) is 5.82 Å². The second kappa shape index (κ2) is 7.73. The number of hydrogen-bond donors (Lipinski definition) is 1. The van der Waals surface area contributed by atoms with E-state index in [0.717, 1.165) is 63.1 Å². The minimum atomic E-state index is -0.228. The molecule has 7 heteroatoms. The Kier molecular flexibility index (Phi) is 5.19. The van der Waals surface area contributed by atoms with E-state index in [9.17, 15) is 0 Å². The summed E-state index contributed by atoms with van der Waals surface area (Å²) in [5, 5.41) is 11.6. The fraction of sp³-hybridized carbons (Fsp3) is 0.579. The highest BCUT2D eigenvalue weighted by atomic mass is 16.5. The van der Waals surface area contributed by atoms with Gasteiger partial charge in [-0.1, -0.05) is 0 Å². The van der Waals surface area contributed by atoms with Crippen LogP contribution in [-0.4, -0.2) is 60.2 Å². The van der Waals surface area contributed by atoms with Gasteiger partial charge < -0.3 is 19.2 Å². The van der Waals surface area contributed by atoms with Crippen LogP contribution in [0.1, 0.15) is 17.9 Å². The molecule has 0 bridgehead atoms. The van der Waals surface area contributed by atoms with Crippen LogP contribution in [0.15, 0.2) is 34.9 Å². The van der Waals surface area contributed by atoms with Gasteiger partial charge >= 0.3 is 0 Å². The number of nitrogens with zero attached hydrogens (tertiary/aromatic N) is 3. The van der Waals surface area contributed by atoms with E-state index in [1.807, 2.05) is 31.2 Å². The van der Waals surface area contributed by atoms with Crippen LogP contribution in [0, 0.1) is 12.8 Å². The Bertz CT molecular complexity index is 691. The average molecular weight is 358 g/mol. The molecule has 2 fully saturated rings. The Labute approximate surface area is 153 Å². The smallest absolute Gasteiger partial charge is 0.148 e. The summed E-state index contributed by atoms with van der Waals surface area (Å²) in [5.74, 6) is 2.23. The molecule has 0 aromatic carbocycles. The molecule has 2 saturated heterocycles. The van der Waals surface area contributed by atoms with Crippen molar-refractivity contribution < 1.29 is 13.9 Å². The Morgan fingerprint density at radius 1 is 1.31 bits per heavy atom. The van der Waals surface area contributed by atoms with E-state index in [2.05, 4.69) is 20.4 Å². The summed E-state index contributed by atoms with van der Waals surface area (Å²) < 4.78 is 17.6. The molecule has 4 rings (SSSR count). The third kappa shape index (κ3) is 4.23. The van der Waals surface area contributed by atoms with Gasteiger partial charge in [0.15, 0.2) is 0 Å². The molecule has 1 N–H and O–H groups in total. The topological polar surface area (TPSA) is 72.7 Å². The fourth-order valence-electron chi connectivity index (χ4n) is 3.76. The standard InChI is InChI=1S/C19H26N4O3/c1-15-4-5-18(22-21-15)20-10-16-9-19(26-12-16)13-23(6-8-24-14-19)11-17-3-2-7-25-17/h2-5,7,16H,6,8-14H2,1H3,(H,20,22)/t16-,19+/m0/s1. The molecule has 0 aliphatic carbocycles. The Morgan fingerprint density at radius 3 is 3.08 bits per heavy atom. The van der Waals surface area contributed by atoms with Crippen molar-refractivity contribution in [2.75, 3.05) is 44.8 Å². The van der Waals surface area contributed by atoms with Crippen molar-refractivity contribution in [1.82, 2.24) is 15.1 Å². The molecular formula is C19H26N4O3. The Morgan fingerprint density at radius 2 is 2.27 bits per heavy atom. The summed E-state index contributed by atoms with van der Waals surface area (Å²) >= 11 is 0. The first-order valence-electron chi connectivity index (χ1n) is 9.21. The van der Waals surface area contributed by atoms with Gasteiger partial charge in [0.25, 0.3) is 0 Å². The molecular weight excluding hydrogens is 332 g/mol. The molecule has 0 unspecified atom stereocenters. The van der Waals surface area contributed by atoms with Crippen molar-refractivity contribution in [2.45, 2.75) is 25.5 Å². The normalized spacial score (nSPS) is 26.9. The summed E-state index contributed by atoms with van der Waals surface area (Å²) in [6.45, 7) is 7.45. The highest BCUT2D eigenvalue weighted by Crippen LogP contribution is 2.33. The number of ether oxygens (including phenoxy) is 2. The minimum Gasteiger partial charge on any atom is -0.468 e. The van der Waals surface area contributed by atoms with Crippen LogP contribution in [0.25, 0.3) is 0 Å². The van der Waals surface area contributed by atoms with E-state index >= 15 is 0 Å². The second-order valence-corrected chi connectivity index (χ2v) is 7.35. The maximum atomic E-state index is 6.26. The third-order valence-electron chi connectivity index (χ3n) is 5.04. The van der Waals surface area contributed by atoms with Gasteiger partial charge in [-0.15, -0.1) is 5.10 Å². The number of aryl methyl sites for hydroxylation is 1. The molecule has 140 valence electrons. The lowest BCUT2D eigenvalue weighted by molar-refractivity contribution is -0.0565. The van der Waals surface area contributed by atoms with Crippen LogP contribution >= 0.6 is 0 Å². The first kappa shape index (κ1) is 17.5. The molecule has 26 heavy (non-hydrogen) atoms. The van der Waals surface area contributed by atoms with Gasteiger partial charge in [-0.2, -0.15) is 5.10 Å². The van der Waals surface area contributed by atoms with Crippen LogP contribution in [-0.2, 0) is 16.0 Å².